The maximum absolute atomic E-state index is 12.5. The molecule has 2 aromatic carbocycles. The predicted molar refractivity (Wildman–Crippen MR) is 106 cm³/mol. The number of para-hydroxylation sites is 1. The maximum atomic E-state index is 12.5. The molecule has 1 aromatic heterocycles. The lowest BCUT2D eigenvalue weighted by Crippen LogP contribution is -2.24. The van der Waals surface area contributed by atoms with Crippen molar-refractivity contribution < 1.29 is 14.3 Å². The lowest BCUT2D eigenvalue weighted by Gasteiger charge is -2.13. The first-order chi connectivity index (χ1) is 12.9. The number of carbonyl (C=O) groups is 2. The van der Waals surface area contributed by atoms with Gasteiger partial charge in [0.05, 0.1) is 11.9 Å². The summed E-state index contributed by atoms with van der Waals surface area (Å²) in [5, 5.41) is 1.07. The summed E-state index contributed by atoms with van der Waals surface area (Å²) < 4.78 is 5.33. The molecule has 138 valence electrons. The van der Waals surface area contributed by atoms with E-state index in [0.29, 0.717) is 12.0 Å². The summed E-state index contributed by atoms with van der Waals surface area (Å²) in [6.45, 7) is 5.57. The van der Waals surface area contributed by atoms with E-state index in [9.17, 15) is 9.59 Å². The van der Waals surface area contributed by atoms with Gasteiger partial charge in [0.25, 0.3) is 0 Å². The Morgan fingerprint density at radius 2 is 1.78 bits per heavy atom. The van der Waals surface area contributed by atoms with Crippen LogP contribution in [0.25, 0.3) is 10.9 Å². The standard InChI is InChI=1S/C23H23NO3/c1-15-8-9-19(14-16(15)2)23(26)17(3)27-22(25)13-12-20-11-10-18-6-4-5-7-21(18)24-20/h4-11,14,17H,12-13H2,1-3H3. The van der Waals surface area contributed by atoms with Crippen LogP contribution in [0.3, 0.4) is 0 Å². The Kier molecular flexibility index (Phi) is 5.65. The van der Waals surface area contributed by atoms with Crippen LogP contribution in [0.5, 0.6) is 0 Å². The Bertz CT molecular complexity index is 994. The molecular weight excluding hydrogens is 338 g/mol. The lowest BCUT2D eigenvalue weighted by molar-refractivity contribution is -0.146. The predicted octanol–water partition coefficient (Wildman–Crippen LogP) is 4.60. The highest BCUT2D eigenvalue weighted by Gasteiger charge is 2.20. The molecule has 4 nitrogen and oxygen atoms in total. The number of hydrogen-bond acceptors (Lipinski definition) is 4. The monoisotopic (exact) mass is 361 g/mol. The normalized spacial score (nSPS) is 12.0. The first-order valence-corrected chi connectivity index (χ1v) is 9.09. The van der Waals surface area contributed by atoms with Gasteiger partial charge in [-0.3, -0.25) is 14.6 Å². The molecule has 0 bridgehead atoms. The molecule has 3 rings (SSSR count). The minimum Gasteiger partial charge on any atom is -0.454 e. The molecule has 0 N–H and O–H groups in total. The first-order valence-electron chi connectivity index (χ1n) is 9.09. The van der Waals surface area contributed by atoms with Crippen molar-refractivity contribution in [1.29, 1.82) is 0 Å². The molecule has 0 saturated carbocycles. The summed E-state index contributed by atoms with van der Waals surface area (Å²) in [5.74, 6) is -0.579. The van der Waals surface area contributed by atoms with Gasteiger partial charge in [0.15, 0.2) is 6.10 Å². The third-order valence-electron chi connectivity index (χ3n) is 4.71. The SMILES string of the molecule is Cc1ccc(C(=O)C(C)OC(=O)CCc2ccc3ccccc3n2)cc1C. The quantitative estimate of drug-likeness (QED) is 0.476. The molecule has 1 atom stereocenters. The van der Waals surface area contributed by atoms with E-state index in [0.717, 1.165) is 27.7 Å². The molecule has 0 radical (unpaired) electrons. The number of nitrogens with zero attached hydrogens (tertiary/aromatic N) is 1. The third kappa shape index (κ3) is 4.59. The molecule has 4 heteroatoms. The first kappa shape index (κ1) is 18.8. The van der Waals surface area contributed by atoms with Crippen molar-refractivity contribution in [3.8, 4) is 0 Å². The number of carbonyl (C=O) groups excluding carboxylic acids is 2. The van der Waals surface area contributed by atoms with E-state index in [1.165, 1.54) is 0 Å². The Balaban J connectivity index is 1.57. The van der Waals surface area contributed by atoms with Crippen LogP contribution >= 0.6 is 0 Å². The third-order valence-corrected chi connectivity index (χ3v) is 4.71. The Morgan fingerprint density at radius 3 is 2.56 bits per heavy atom. The van der Waals surface area contributed by atoms with Crippen molar-refractivity contribution >= 4 is 22.7 Å². The Hall–Kier alpha value is -3.01. The molecular formula is C23H23NO3. The number of ether oxygens (including phenoxy) is 1. The van der Waals surface area contributed by atoms with Gasteiger partial charge in [0.1, 0.15) is 0 Å². The number of rotatable bonds is 6. The average molecular weight is 361 g/mol. The van der Waals surface area contributed by atoms with Crippen molar-refractivity contribution in [1.82, 2.24) is 4.98 Å². The zero-order valence-electron chi connectivity index (χ0n) is 15.9. The van der Waals surface area contributed by atoms with Crippen LogP contribution in [0.1, 0.15) is 40.5 Å². The van der Waals surface area contributed by atoms with E-state index < -0.39 is 12.1 Å². The summed E-state index contributed by atoms with van der Waals surface area (Å²) in [4.78, 5) is 29.2. The van der Waals surface area contributed by atoms with Crippen LogP contribution in [-0.2, 0) is 16.0 Å². The summed E-state index contributed by atoms with van der Waals surface area (Å²) in [6.07, 6.45) is -0.131. The molecule has 0 amide bonds. The number of aryl methyl sites for hydroxylation is 3. The van der Waals surface area contributed by atoms with Crippen LogP contribution < -0.4 is 0 Å². The summed E-state index contributed by atoms with van der Waals surface area (Å²) in [6, 6.07) is 17.3. The molecule has 0 aliphatic heterocycles. The van der Waals surface area contributed by atoms with Gasteiger partial charge in [0, 0.05) is 23.1 Å². The zero-order chi connectivity index (χ0) is 19.4. The highest BCUT2D eigenvalue weighted by Crippen LogP contribution is 2.15. The average Bonchev–Trinajstić information content (AvgIpc) is 2.67. The van der Waals surface area contributed by atoms with E-state index in [1.54, 1.807) is 13.0 Å². The molecule has 3 aromatic rings. The second kappa shape index (κ2) is 8.12. The van der Waals surface area contributed by atoms with Gasteiger partial charge >= 0.3 is 5.97 Å². The van der Waals surface area contributed by atoms with Gasteiger partial charge in [-0.2, -0.15) is 0 Å². The number of fused-ring (bicyclic) bond motifs is 1. The van der Waals surface area contributed by atoms with Crippen molar-refractivity contribution in [2.45, 2.75) is 39.7 Å². The molecule has 0 spiro atoms. The molecule has 27 heavy (non-hydrogen) atoms. The van der Waals surface area contributed by atoms with Crippen LogP contribution in [0.2, 0.25) is 0 Å². The number of esters is 1. The number of Topliss-reactive ketones (excluding diaryl/α,β-unsaturated/α-hetero) is 1. The van der Waals surface area contributed by atoms with Crippen LogP contribution in [-0.4, -0.2) is 22.8 Å². The van der Waals surface area contributed by atoms with Crippen LogP contribution in [0, 0.1) is 13.8 Å². The molecule has 1 heterocycles. The number of pyridine rings is 1. The molecule has 1 unspecified atom stereocenters. The van der Waals surface area contributed by atoms with E-state index in [1.807, 2.05) is 62.4 Å². The van der Waals surface area contributed by atoms with E-state index >= 15 is 0 Å². The fourth-order valence-corrected chi connectivity index (χ4v) is 2.92. The topological polar surface area (TPSA) is 56.3 Å². The van der Waals surface area contributed by atoms with E-state index in [4.69, 9.17) is 4.74 Å². The fourth-order valence-electron chi connectivity index (χ4n) is 2.92. The van der Waals surface area contributed by atoms with Crippen molar-refractivity contribution in [2.75, 3.05) is 0 Å². The van der Waals surface area contributed by atoms with E-state index in [2.05, 4.69) is 4.98 Å². The maximum Gasteiger partial charge on any atom is 0.306 e. The van der Waals surface area contributed by atoms with Crippen molar-refractivity contribution in [2.24, 2.45) is 0 Å². The molecule has 0 fully saturated rings. The van der Waals surface area contributed by atoms with Gasteiger partial charge in [-0.05, 0) is 50.1 Å². The second-order valence-electron chi connectivity index (χ2n) is 6.79. The highest BCUT2D eigenvalue weighted by molar-refractivity contribution is 6.00. The number of aromatic nitrogens is 1. The second-order valence-corrected chi connectivity index (χ2v) is 6.79. The lowest BCUT2D eigenvalue weighted by atomic mass is 10.0. The minimum absolute atomic E-state index is 0.185. The summed E-state index contributed by atoms with van der Waals surface area (Å²) in [7, 11) is 0. The Morgan fingerprint density at radius 1 is 1.00 bits per heavy atom. The number of hydrogen-bond donors (Lipinski definition) is 0. The number of benzene rings is 2. The molecule has 0 aliphatic carbocycles. The molecule has 0 saturated heterocycles. The largest absolute Gasteiger partial charge is 0.454 e. The summed E-state index contributed by atoms with van der Waals surface area (Å²) >= 11 is 0. The summed E-state index contributed by atoms with van der Waals surface area (Å²) in [5.41, 5.74) is 4.47. The fraction of sp³-hybridized carbons (Fsp3) is 0.261. The minimum atomic E-state index is -0.802. The molecule has 0 aliphatic rings. The van der Waals surface area contributed by atoms with E-state index in [-0.39, 0.29) is 12.2 Å². The van der Waals surface area contributed by atoms with Crippen molar-refractivity contribution in [3.05, 3.63) is 77.0 Å². The smallest absolute Gasteiger partial charge is 0.306 e. The van der Waals surface area contributed by atoms with Crippen molar-refractivity contribution in [3.63, 3.8) is 0 Å². The highest BCUT2D eigenvalue weighted by atomic mass is 16.5. The number of ketones is 1. The zero-order valence-corrected chi connectivity index (χ0v) is 15.9. The van der Waals surface area contributed by atoms with Gasteiger partial charge in [0.2, 0.25) is 5.78 Å². The van der Waals surface area contributed by atoms with Crippen LogP contribution in [0.4, 0.5) is 0 Å². The van der Waals surface area contributed by atoms with Crippen LogP contribution in [0.15, 0.2) is 54.6 Å². The Labute approximate surface area is 159 Å². The van der Waals surface area contributed by atoms with Gasteiger partial charge in [-0.1, -0.05) is 36.4 Å². The van der Waals surface area contributed by atoms with Gasteiger partial charge in [-0.15, -0.1) is 0 Å². The van der Waals surface area contributed by atoms with Gasteiger partial charge in [-0.25, -0.2) is 0 Å². The van der Waals surface area contributed by atoms with Gasteiger partial charge < -0.3 is 4.74 Å².